The minimum atomic E-state index is -0.434. The predicted molar refractivity (Wildman–Crippen MR) is 113 cm³/mol. The molecule has 0 fully saturated rings. The molecule has 0 saturated heterocycles. The van der Waals surface area contributed by atoms with Gasteiger partial charge in [-0.15, -0.1) is 10.2 Å². The monoisotopic (exact) mass is 429 g/mol. The van der Waals surface area contributed by atoms with Crippen LogP contribution in [-0.4, -0.2) is 33.3 Å². The first-order chi connectivity index (χ1) is 14.3. The van der Waals surface area contributed by atoms with Gasteiger partial charge in [-0.1, -0.05) is 36.0 Å². The summed E-state index contributed by atoms with van der Waals surface area (Å²) in [6.45, 7) is 6.21. The number of halogens is 1. The van der Waals surface area contributed by atoms with Crippen molar-refractivity contribution in [3.05, 3.63) is 70.9 Å². The minimum absolute atomic E-state index is 0.115. The summed E-state index contributed by atoms with van der Waals surface area (Å²) >= 11 is 1.18. The zero-order valence-corrected chi connectivity index (χ0v) is 18.2. The molecule has 0 N–H and O–H groups in total. The van der Waals surface area contributed by atoms with Crippen molar-refractivity contribution in [2.75, 3.05) is 7.05 Å². The van der Waals surface area contributed by atoms with Gasteiger partial charge in [0.2, 0.25) is 5.91 Å². The maximum Gasteiger partial charge on any atom is 0.277 e. The van der Waals surface area contributed by atoms with Crippen molar-refractivity contribution in [2.45, 2.75) is 44.4 Å². The molecule has 3 rings (SSSR count). The van der Waals surface area contributed by atoms with E-state index in [-0.39, 0.29) is 18.3 Å². The molecule has 1 aromatic heterocycles. The van der Waals surface area contributed by atoms with Gasteiger partial charge >= 0.3 is 0 Å². The lowest BCUT2D eigenvalue weighted by Crippen LogP contribution is -2.32. The average molecular weight is 430 g/mol. The predicted octanol–water partition coefficient (Wildman–Crippen LogP) is 4.54. The summed E-state index contributed by atoms with van der Waals surface area (Å²) in [5, 5.41) is 7.85. The van der Waals surface area contributed by atoms with Crippen LogP contribution in [0.5, 0.6) is 5.75 Å². The summed E-state index contributed by atoms with van der Waals surface area (Å²) in [6, 6.07) is 12.2. The Morgan fingerprint density at radius 1 is 1.23 bits per heavy atom. The van der Waals surface area contributed by atoms with Crippen molar-refractivity contribution in [3.8, 4) is 5.75 Å². The molecule has 0 aliphatic rings. The van der Waals surface area contributed by atoms with Crippen LogP contribution in [0.1, 0.15) is 29.5 Å². The van der Waals surface area contributed by atoms with Crippen LogP contribution in [0.15, 0.2) is 52.1 Å². The van der Waals surface area contributed by atoms with Gasteiger partial charge in [0.15, 0.2) is 6.61 Å². The number of aromatic nitrogens is 2. The zero-order valence-electron chi connectivity index (χ0n) is 17.4. The van der Waals surface area contributed by atoms with Crippen molar-refractivity contribution < 1.29 is 18.3 Å². The van der Waals surface area contributed by atoms with Crippen molar-refractivity contribution in [1.82, 2.24) is 15.1 Å². The van der Waals surface area contributed by atoms with Gasteiger partial charge in [-0.05, 0) is 55.7 Å². The van der Waals surface area contributed by atoms with E-state index in [1.54, 1.807) is 31.0 Å². The molecule has 1 atom stereocenters. The van der Waals surface area contributed by atoms with Crippen LogP contribution in [0.3, 0.4) is 0 Å². The first-order valence-corrected chi connectivity index (χ1v) is 10.4. The largest absolute Gasteiger partial charge is 0.484 e. The lowest BCUT2D eigenvalue weighted by atomic mass is 10.1. The SMILES string of the molecule is Cc1ccc(C)c(OCc2nnc(SC(C)C(=O)N(C)Cc3cccc(F)c3)o2)c1. The van der Waals surface area contributed by atoms with E-state index in [2.05, 4.69) is 10.2 Å². The van der Waals surface area contributed by atoms with E-state index < -0.39 is 5.25 Å². The molecule has 6 nitrogen and oxygen atoms in total. The third-order valence-electron chi connectivity index (χ3n) is 4.45. The van der Waals surface area contributed by atoms with Gasteiger partial charge in [0.1, 0.15) is 11.6 Å². The number of carbonyl (C=O) groups excluding carboxylic acids is 1. The third-order valence-corrected chi connectivity index (χ3v) is 5.38. The number of nitrogens with zero attached hydrogens (tertiary/aromatic N) is 3. The van der Waals surface area contributed by atoms with Crippen LogP contribution in [-0.2, 0) is 17.9 Å². The second kappa shape index (κ2) is 9.75. The van der Waals surface area contributed by atoms with E-state index in [9.17, 15) is 9.18 Å². The summed E-state index contributed by atoms with van der Waals surface area (Å²) < 4.78 is 24.7. The average Bonchev–Trinajstić information content (AvgIpc) is 3.15. The second-order valence-electron chi connectivity index (χ2n) is 7.10. The number of amides is 1. The van der Waals surface area contributed by atoms with E-state index in [0.29, 0.717) is 17.7 Å². The van der Waals surface area contributed by atoms with Crippen molar-refractivity contribution in [3.63, 3.8) is 0 Å². The molecule has 8 heteroatoms. The number of carbonyl (C=O) groups is 1. The molecule has 0 radical (unpaired) electrons. The van der Waals surface area contributed by atoms with Gasteiger partial charge in [0.05, 0.1) is 5.25 Å². The summed E-state index contributed by atoms with van der Waals surface area (Å²) in [5.41, 5.74) is 2.86. The number of thioether (sulfide) groups is 1. The number of aryl methyl sites for hydroxylation is 2. The quantitative estimate of drug-likeness (QED) is 0.490. The molecular formula is C22H24FN3O3S. The fraction of sp³-hybridized carbons (Fsp3) is 0.318. The summed E-state index contributed by atoms with van der Waals surface area (Å²) in [5.74, 6) is 0.670. The molecule has 2 aromatic carbocycles. The number of hydrogen-bond acceptors (Lipinski definition) is 6. The Kier molecular flexibility index (Phi) is 7.10. The van der Waals surface area contributed by atoms with E-state index >= 15 is 0 Å². The fourth-order valence-corrected chi connectivity index (χ4v) is 3.66. The van der Waals surface area contributed by atoms with Crippen LogP contribution < -0.4 is 4.74 Å². The first-order valence-electron chi connectivity index (χ1n) is 9.50. The molecule has 1 unspecified atom stereocenters. The summed E-state index contributed by atoms with van der Waals surface area (Å²) in [7, 11) is 1.68. The Morgan fingerprint density at radius 2 is 2.03 bits per heavy atom. The molecule has 0 spiro atoms. The highest BCUT2D eigenvalue weighted by Crippen LogP contribution is 2.25. The maximum absolute atomic E-state index is 13.3. The summed E-state index contributed by atoms with van der Waals surface area (Å²) in [4.78, 5) is 14.2. The first kappa shape index (κ1) is 21.8. The Hall–Kier alpha value is -2.87. The smallest absolute Gasteiger partial charge is 0.277 e. The van der Waals surface area contributed by atoms with Crippen molar-refractivity contribution in [2.24, 2.45) is 0 Å². The van der Waals surface area contributed by atoms with E-state index in [1.165, 1.54) is 23.9 Å². The fourth-order valence-electron chi connectivity index (χ4n) is 2.85. The summed E-state index contributed by atoms with van der Waals surface area (Å²) in [6.07, 6.45) is 0. The standard InChI is InChI=1S/C22H24FN3O3S/c1-14-8-9-15(2)19(10-14)28-13-20-24-25-22(29-20)30-16(3)21(27)26(4)12-17-6-5-7-18(23)11-17/h5-11,16H,12-13H2,1-4H3. The van der Waals surface area contributed by atoms with E-state index in [4.69, 9.17) is 9.15 Å². The molecule has 0 saturated carbocycles. The lowest BCUT2D eigenvalue weighted by molar-refractivity contribution is -0.129. The third kappa shape index (κ3) is 5.82. The van der Waals surface area contributed by atoms with Gasteiger partial charge in [-0.25, -0.2) is 4.39 Å². The Morgan fingerprint density at radius 3 is 2.80 bits per heavy atom. The zero-order chi connectivity index (χ0) is 21.7. The number of rotatable bonds is 8. The minimum Gasteiger partial charge on any atom is -0.484 e. The Bertz CT molecular complexity index is 1020. The van der Waals surface area contributed by atoms with E-state index in [1.807, 2.05) is 32.0 Å². The van der Waals surface area contributed by atoms with Gasteiger partial charge in [-0.2, -0.15) is 0 Å². The molecule has 158 valence electrons. The lowest BCUT2D eigenvalue weighted by Gasteiger charge is -2.20. The van der Waals surface area contributed by atoms with Crippen molar-refractivity contribution in [1.29, 1.82) is 0 Å². The molecule has 30 heavy (non-hydrogen) atoms. The highest BCUT2D eigenvalue weighted by Gasteiger charge is 2.22. The van der Waals surface area contributed by atoms with Gasteiger partial charge in [0, 0.05) is 13.6 Å². The van der Waals surface area contributed by atoms with Crippen LogP contribution in [0.25, 0.3) is 0 Å². The molecule has 1 amide bonds. The normalized spacial score (nSPS) is 11.9. The number of ether oxygens (including phenoxy) is 1. The van der Waals surface area contributed by atoms with E-state index in [0.717, 1.165) is 22.4 Å². The van der Waals surface area contributed by atoms with Gasteiger partial charge in [0.25, 0.3) is 11.1 Å². The van der Waals surface area contributed by atoms with Crippen LogP contribution >= 0.6 is 11.8 Å². The molecule has 1 heterocycles. The number of benzene rings is 2. The van der Waals surface area contributed by atoms with Gasteiger partial charge < -0.3 is 14.1 Å². The molecule has 0 aliphatic heterocycles. The number of hydrogen-bond donors (Lipinski definition) is 0. The Labute approximate surface area is 179 Å². The Balaban J connectivity index is 1.54. The van der Waals surface area contributed by atoms with Crippen LogP contribution in [0.2, 0.25) is 0 Å². The van der Waals surface area contributed by atoms with Gasteiger partial charge in [-0.3, -0.25) is 4.79 Å². The molecular weight excluding hydrogens is 405 g/mol. The van der Waals surface area contributed by atoms with Crippen LogP contribution in [0.4, 0.5) is 4.39 Å². The molecule has 0 bridgehead atoms. The van der Waals surface area contributed by atoms with Crippen molar-refractivity contribution >= 4 is 17.7 Å². The maximum atomic E-state index is 13.3. The second-order valence-corrected chi connectivity index (χ2v) is 8.40. The van der Waals surface area contributed by atoms with Crippen LogP contribution in [0, 0.1) is 19.7 Å². The highest BCUT2D eigenvalue weighted by atomic mass is 32.2. The molecule has 0 aliphatic carbocycles. The highest BCUT2D eigenvalue weighted by molar-refractivity contribution is 8.00. The molecule has 3 aromatic rings. The topological polar surface area (TPSA) is 68.5 Å².